The number of ether oxygens (including phenoxy) is 1. The Kier molecular flexibility index (Phi) is 2.37. The van der Waals surface area contributed by atoms with E-state index < -0.39 is 0 Å². The molecule has 14 heavy (non-hydrogen) atoms. The highest BCUT2D eigenvalue weighted by Crippen LogP contribution is 2.09. The topological polar surface area (TPSA) is 66.0 Å². The van der Waals surface area contributed by atoms with Crippen molar-refractivity contribution >= 4 is 11.8 Å². The number of rotatable bonds is 2. The van der Waals surface area contributed by atoms with Gasteiger partial charge in [0.2, 0.25) is 0 Å². The molecule has 4 heteroatoms. The number of carbonyl (C=O) groups is 1. The fourth-order valence-corrected chi connectivity index (χ4v) is 1.50. The van der Waals surface area contributed by atoms with Crippen molar-refractivity contribution in [1.82, 2.24) is 5.32 Å². The quantitative estimate of drug-likeness (QED) is 0.705. The van der Waals surface area contributed by atoms with Gasteiger partial charge in [0.25, 0.3) is 0 Å². The predicted molar refractivity (Wildman–Crippen MR) is 51.0 cm³/mol. The number of amides is 1. The van der Waals surface area contributed by atoms with Crippen molar-refractivity contribution in [3.8, 4) is 0 Å². The van der Waals surface area contributed by atoms with Crippen LogP contribution in [0.4, 0.5) is 10.5 Å². The molecule has 74 valence electrons. The van der Waals surface area contributed by atoms with E-state index in [0.717, 1.165) is 12.1 Å². The van der Waals surface area contributed by atoms with Crippen LogP contribution in [0, 0.1) is 0 Å². The van der Waals surface area contributed by atoms with Gasteiger partial charge in [0.15, 0.2) is 0 Å². The van der Waals surface area contributed by atoms with Gasteiger partial charge in [0, 0.05) is 0 Å². The van der Waals surface area contributed by atoms with Crippen molar-refractivity contribution in [2.45, 2.75) is 12.5 Å². The van der Waals surface area contributed by atoms with Gasteiger partial charge in [0.1, 0.15) is 12.3 Å². The molecule has 1 aliphatic rings. The number of carbonyl (C=O) groups excluding carboxylic acids is 1. The highest BCUT2D eigenvalue weighted by atomic mass is 16.6. The molecule has 2 rings (SSSR count). The van der Waals surface area contributed by atoms with E-state index in [9.17, 15) is 4.79 Å². The van der Waals surface area contributed by atoms with E-state index in [1.165, 1.54) is 5.56 Å². The van der Waals surface area contributed by atoms with Gasteiger partial charge in [-0.15, -0.1) is 0 Å². The lowest BCUT2D eigenvalue weighted by molar-refractivity contribution is -0.254. The second-order valence-electron chi connectivity index (χ2n) is 3.46. The Labute approximate surface area is 82.1 Å². The van der Waals surface area contributed by atoms with E-state index >= 15 is 0 Å². The van der Waals surface area contributed by atoms with Crippen LogP contribution in [-0.2, 0) is 11.2 Å². The molecule has 0 aromatic heterocycles. The van der Waals surface area contributed by atoms with E-state index in [0.29, 0.717) is 6.61 Å². The van der Waals surface area contributed by atoms with Crippen molar-refractivity contribution in [2.75, 3.05) is 6.61 Å². The summed E-state index contributed by atoms with van der Waals surface area (Å²) in [5, 5.41) is 2.74. The first-order valence-corrected chi connectivity index (χ1v) is 4.58. The Morgan fingerprint density at radius 2 is 2.14 bits per heavy atom. The van der Waals surface area contributed by atoms with E-state index in [2.05, 4.69) is 11.1 Å². The molecular formula is C10H13N2O2+. The van der Waals surface area contributed by atoms with Crippen molar-refractivity contribution in [1.29, 1.82) is 0 Å². The Balaban J connectivity index is 1.97. The fourth-order valence-electron chi connectivity index (χ4n) is 1.50. The largest absolute Gasteiger partial charge is 0.447 e. The van der Waals surface area contributed by atoms with Crippen molar-refractivity contribution in [3.05, 3.63) is 29.8 Å². The predicted octanol–water partition coefficient (Wildman–Crippen LogP) is 0.211. The second-order valence-corrected chi connectivity index (χ2v) is 3.46. The first kappa shape index (κ1) is 9.02. The molecule has 4 N–H and O–H groups in total. The molecule has 1 aromatic carbocycles. The van der Waals surface area contributed by atoms with Crippen molar-refractivity contribution in [2.24, 2.45) is 0 Å². The molecule has 0 aliphatic carbocycles. The Morgan fingerprint density at radius 1 is 1.43 bits per heavy atom. The number of quaternary nitrogens is 1. The maximum absolute atomic E-state index is 10.8. The Morgan fingerprint density at radius 3 is 2.71 bits per heavy atom. The molecule has 1 unspecified atom stereocenters. The summed E-state index contributed by atoms with van der Waals surface area (Å²) >= 11 is 0. The summed E-state index contributed by atoms with van der Waals surface area (Å²) in [5.41, 5.74) is 6.00. The van der Waals surface area contributed by atoms with Gasteiger partial charge in [-0.25, -0.2) is 4.79 Å². The summed E-state index contributed by atoms with van der Waals surface area (Å²) in [5.74, 6) is 0. The van der Waals surface area contributed by atoms with E-state index in [-0.39, 0.29) is 12.1 Å². The molecule has 0 saturated carbocycles. The van der Waals surface area contributed by atoms with E-state index in [1.807, 2.05) is 24.3 Å². The Bertz CT molecular complexity index is 334. The van der Waals surface area contributed by atoms with E-state index in [1.54, 1.807) is 0 Å². The van der Waals surface area contributed by atoms with Crippen LogP contribution in [0.15, 0.2) is 24.3 Å². The SMILES string of the molecule is [NH3+]c1ccc(CC2COC(=O)N2)cc1. The van der Waals surface area contributed by atoms with Crippen molar-refractivity contribution in [3.63, 3.8) is 0 Å². The van der Waals surface area contributed by atoms with Crippen LogP contribution in [0.5, 0.6) is 0 Å². The molecule has 1 atom stereocenters. The third-order valence-corrected chi connectivity index (χ3v) is 2.24. The summed E-state index contributed by atoms with van der Waals surface area (Å²) in [4.78, 5) is 10.8. The monoisotopic (exact) mass is 193 g/mol. The average Bonchev–Trinajstić information content (AvgIpc) is 2.56. The number of hydrogen-bond donors (Lipinski definition) is 2. The second kappa shape index (κ2) is 3.67. The third kappa shape index (κ3) is 2.03. The summed E-state index contributed by atoms with van der Waals surface area (Å²) in [6.45, 7) is 0.463. The number of benzene rings is 1. The first-order valence-electron chi connectivity index (χ1n) is 4.58. The zero-order valence-electron chi connectivity index (χ0n) is 7.82. The van der Waals surface area contributed by atoms with Gasteiger partial charge in [-0.2, -0.15) is 0 Å². The van der Waals surface area contributed by atoms with Crippen LogP contribution in [-0.4, -0.2) is 18.7 Å². The van der Waals surface area contributed by atoms with Gasteiger partial charge < -0.3 is 15.8 Å². The maximum atomic E-state index is 10.8. The first-order chi connectivity index (χ1) is 6.74. The number of cyclic esters (lactones) is 1. The zero-order valence-corrected chi connectivity index (χ0v) is 7.82. The minimum atomic E-state index is -0.316. The molecule has 1 heterocycles. The highest BCUT2D eigenvalue weighted by molar-refractivity contribution is 5.69. The van der Waals surface area contributed by atoms with Gasteiger partial charge in [-0.3, -0.25) is 0 Å². The normalized spacial score (nSPS) is 20.4. The molecular weight excluding hydrogens is 180 g/mol. The lowest BCUT2D eigenvalue weighted by Gasteiger charge is -2.06. The van der Waals surface area contributed by atoms with Gasteiger partial charge in [-0.1, -0.05) is 12.1 Å². The van der Waals surface area contributed by atoms with Crippen LogP contribution in [0.25, 0.3) is 0 Å². The number of hydrogen-bond acceptors (Lipinski definition) is 2. The highest BCUT2D eigenvalue weighted by Gasteiger charge is 2.21. The number of nitrogens with one attached hydrogen (secondary N) is 1. The molecule has 0 radical (unpaired) electrons. The summed E-state index contributed by atoms with van der Waals surface area (Å²) < 4.78 is 4.80. The molecule has 0 bridgehead atoms. The van der Waals surface area contributed by atoms with Crippen LogP contribution >= 0.6 is 0 Å². The van der Waals surface area contributed by atoms with E-state index in [4.69, 9.17) is 4.74 Å². The van der Waals surface area contributed by atoms with Crippen LogP contribution in [0.3, 0.4) is 0 Å². The Hall–Kier alpha value is -1.55. The van der Waals surface area contributed by atoms with Gasteiger partial charge in [0.05, 0.1) is 6.04 Å². The lowest BCUT2D eigenvalue weighted by atomic mass is 10.1. The molecule has 4 nitrogen and oxygen atoms in total. The summed E-state index contributed by atoms with van der Waals surface area (Å²) in [7, 11) is 0. The average molecular weight is 193 g/mol. The maximum Gasteiger partial charge on any atom is 0.407 e. The number of alkyl carbamates (subject to hydrolysis) is 1. The molecule has 1 saturated heterocycles. The van der Waals surface area contributed by atoms with Crippen LogP contribution in [0.1, 0.15) is 5.56 Å². The zero-order chi connectivity index (χ0) is 9.97. The molecule has 1 aliphatic heterocycles. The lowest BCUT2D eigenvalue weighted by Crippen LogP contribution is -2.40. The minimum absolute atomic E-state index is 0.109. The third-order valence-electron chi connectivity index (χ3n) is 2.24. The van der Waals surface area contributed by atoms with Crippen LogP contribution < -0.4 is 11.1 Å². The van der Waals surface area contributed by atoms with Gasteiger partial charge in [-0.05, 0) is 24.1 Å². The molecule has 0 spiro atoms. The smallest absolute Gasteiger partial charge is 0.407 e. The molecule has 1 amide bonds. The molecule has 1 fully saturated rings. The standard InChI is InChI=1S/C10H12N2O2/c11-8-3-1-7(2-4-8)5-9-6-14-10(13)12-9/h1-4,9H,5-6,11H2,(H,12,13)/p+1. The minimum Gasteiger partial charge on any atom is -0.447 e. The summed E-state index contributed by atoms with van der Waals surface area (Å²) in [6.07, 6.45) is 0.496. The van der Waals surface area contributed by atoms with Crippen molar-refractivity contribution < 1.29 is 15.3 Å². The van der Waals surface area contributed by atoms with Gasteiger partial charge >= 0.3 is 6.09 Å². The fraction of sp³-hybridized carbons (Fsp3) is 0.300. The van der Waals surface area contributed by atoms with Crippen LogP contribution in [0.2, 0.25) is 0 Å². The summed E-state index contributed by atoms with van der Waals surface area (Å²) in [6, 6.07) is 8.08. The molecule has 1 aromatic rings.